The van der Waals surface area contributed by atoms with Crippen LogP contribution in [-0.4, -0.2) is 50.1 Å². The molecule has 1 atom stereocenters. The summed E-state index contributed by atoms with van der Waals surface area (Å²) >= 11 is 0. The monoisotopic (exact) mass is 327 g/mol. The van der Waals surface area contributed by atoms with E-state index in [1.807, 2.05) is 13.0 Å². The first-order valence-electron chi connectivity index (χ1n) is 7.74. The molecule has 3 rings (SSSR count). The second-order valence-corrected chi connectivity index (χ2v) is 8.75. The molecule has 0 radical (unpaired) electrons. The Balaban J connectivity index is 1.68. The third-order valence-electron chi connectivity index (χ3n) is 4.90. The van der Waals surface area contributed by atoms with E-state index < -0.39 is 14.6 Å². The number of hydrogen-bond acceptors (Lipinski definition) is 4. The third-order valence-corrected chi connectivity index (χ3v) is 7.50. The molecule has 0 aromatic heterocycles. The summed E-state index contributed by atoms with van der Waals surface area (Å²) in [4.78, 5) is 2.08. The van der Waals surface area contributed by atoms with E-state index in [1.165, 1.54) is 12.1 Å². The van der Waals surface area contributed by atoms with E-state index >= 15 is 0 Å². The van der Waals surface area contributed by atoms with Gasteiger partial charge in [0.25, 0.3) is 0 Å². The lowest BCUT2D eigenvalue weighted by Crippen LogP contribution is -2.67. The van der Waals surface area contributed by atoms with Crippen LogP contribution in [0.3, 0.4) is 0 Å². The molecule has 6 heteroatoms. The van der Waals surface area contributed by atoms with Crippen molar-refractivity contribution >= 4 is 9.84 Å². The van der Waals surface area contributed by atoms with Crippen molar-refractivity contribution in [1.29, 1.82) is 0 Å². The molecule has 0 saturated carbocycles. The van der Waals surface area contributed by atoms with Gasteiger partial charge in [0.1, 0.15) is 10.6 Å². The standard InChI is InChI=1S/C16H22FNO3S/c1-2-21-10-14-6-7-22(19,20)16(14)11-18(12-16)9-13-4-3-5-15(17)8-13/h3-5,8,14H,2,6-7,9-12H2,1H3/t14-/m0/s1. The maximum atomic E-state index is 13.2. The molecule has 2 saturated heterocycles. The lowest BCUT2D eigenvalue weighted by molar-refractivity contribution is 0.0292. The number of likely N-dealkylation sites (tertiary alicyclic amines) is 1. The number of nitrogens with zero attached hydrogens (tertiary/aromatic N) is 1. The van der Waals surface area contributed by atoms with Crippen LogP contribution in [0.5, 0.6) is 0 Å². The maximum absolute atomic E-state index is 13.2. The van der Waals surface area contributed by atoms with Gasteiger partial charge in [-0.1, -0.05) is 12.1 Å². The molecule has 1 spiro atoms. The van der Waals surface area contributed by atoms with Crippen LogP contribution in [0.4, 0.5) is 4.39 Å². The number of benzene rings is 1. The van der Waals surface area contributed by atoms with Gasteiger partial charge in [0.05, 0.1) is 12.4 Å². The molecule has 2 aliphatic rings. The van der Waals surface area contributed by atoms with Gasteiger partial charge in [0.15, 0.2) is 9.84 Å². The van der Waals surface area contributed by atoms with Crippen molar-refractivity contribution in [3.8, 4) is 0 Å². The summed E-state index contributed by atoms with van der Waals surface area (Å²) in [7, 11) is -3.06. The Morgan fingerprint density at radius 3 is 2.86 bits per heavy atom. The molecule has 0 amide bonds. The fourth-order valence-corrected chi connectivity index (χ4v) is 6.14. The Morgan fingerprint density at radius 1 is 1.41 bits per heavy atom. The topological polar surface area (TPSA) is 46.6 Å². The highest BCUT2D eigenvalue weighted by molar-refractivity contribution is 7.93. The van der Waals surface area contributed by atoms with E-state index in [-0.39, 0.29) is 17.5 Å². The summed E-state index contributed by atoms with van der Waals surface area (Å²) in [5, 5.41) is 0. The Labute approximate surface area is 131 Å². The molecule has 122 valence electrons. The van der Waals surface area contributed by atoms with E-state index in [2.05, 4.69) is 4.90 Å². The molecule has 1 aromatic rings. The van der Waals surface area contributed by atoms with Crippen molar-refractivity contribution in [1.82, 2.24) is 4.90 Å². The van der Waals surface area contributed by atoms with Gasteiger partial charge >= 0.3 is 0 Å². The van der Waals surface area contributed by atoms with E-state index in [0.29, 0.717) is 39.3 Å². The van der Waals surface area contributed by atoms with Gasteiger partial charge < -0.3 is 4.74 Å². The maximum Gasteiger partial charge on any atom is 0.158 e. The van der Waals surface area contributed by atoms with Crippen molar-refractivity contribution in [3.63, 3.8) is 0 Å². The fraction of sp³-hybridized carbons (Fsp3) is 0.625. The highest BCUT2D eigenvalue weighted by atomic mass is 32.2. The van der Waals surface area contributed by atoms with Crippen LogP contribution in [0.1, 0.15) is 18.9 Å². The summed E-state index contributed by atoms with van der Waals surface area (Å²) in [6, 6.07) is 6.48. The number of halogens is 1. The second kappa shape index (κ2) is 5.91. The average Bonchev–Trinajstić information content (AvgIpc) is 2.68. The molecule has 4 nitrogen and oxygen atoms in total. The number of sulfone groups is 1. The number of rotatable bonds is 5. The van der Waals surface area contributed by atoms with Gasteiger partial charge in [-0.2, -0.15) is 0 Å². The molecule has 1 aromatic carbocycles. The molecule has 0 bridgehead atoms. The fourth-order valence-electron chi connectivity index (χ4n) is 3.68. The van der Waals surface area contributed by atoms with Gasteiger partial charge in [0.2, 0.25) is 0 Å². The van der Waals surface area contributed by atoms with Crippen LogP contribution in [0.15, 0.2) is 24.3 Å². The predicted molar refractivity (Wildman–Crippen MR) is 82.8 cm³/mol. The first-order valence-corrected chi connectivity index (χ1v) is 9.39. The summed E-state index contributed by atoms with van der Waals surface area (Å²) in [5.74, 6) is 0.0927. The Morgan fingerprint density at radius 2 is 2.18 bits per heavy atom. The first-order chi connectivity index (χ1) is 10.5. The Kier molecular flexibility index (Phi) is 4.27. The molecule has 0 N–H and O–H groups in total. The first kappa shape index (κ1) is 15.9. The van der Waals surface area contributed by atoms with Crippen LogP contribution < -0.4 is 0 Å². The van der Waals surface area contributed by atoms with Crippen molar-refractivity contribution in [2.75, 3.05) is 32.1 Å². The van der Waals surface area contributed by atoms with Crippen molar-refractivity contribution in [2.45, 2.75) is 24.6 Å². The van der Waals surface area contributed by atoms with Crippen molar-refractivity contribution < 1.29 is 17.5 Å². The van der Waals surface area contributed by atoms with Gasteiger partial charge in [-0.3, -0.25) is 4.90 Å². The lowest BCUT2D eigenvalue weighted by Gasteiger charge is -2.50. The highest BCUT2D eigenvalue weighted by Gasteiger charge is 2.61. The molecule has 22 heavy (non-hydrogen) atoms. The van der Waals surface area contributed by atoms with Crippen molar-refractivity contribution in [2.24, 2.45) is 5.92 Å². The molecule has 2 aliphatic heterocycles. The lowest BCUT2D eigenvalue weighted by atomic mass is 9.83. The van der Waals surface area contributed by atoms with E-state index in [9.17, 15) is 12.8 Å². The van der Waals surface area contributed by atoms with E-state index in [4.69, 9.17) is 4.74 Å². The van der Waals surface area contributed by atoms with Crippen molar-refractivity contribution in [3.05, 3.63) is 35.6 Å². The van der Waals surface area contributed by atoms with Crippen LogP contribution in [-0.2, 0) is 21.1 Å². The minimum Gasteiger partial charge on any atom is -0.381 e. The van der Waals surface area contributed by atoms with Gasteiger partial charge in [-0.25, -0.2) is 12.8 Å². The zero-order chi connectivity index (χ0) is 15.8. The number of hydrogen-bond donors (Lipinski definition) is 0. The van der Waals surface area contributed by atoms with E-state index in [1.54, 1.807) is 6.07 Å². The zero-order valence-corrected chi connectivity index (χ0v) is 13.6. The predicted octanol–water partition coefficient (Wildman–Crippen LogP) is 1.85. The van der Waals surface area contributed by atoms with Crippen LogP contribution in [0, 0.1) is 11.7 Å². The average molecular weight is 327 g/mol. The summed E-state index contributed by atoms with van der Waals surface area (Å²) in [5.41, 5.74) is 0.881. The summed E-state index contributed by atoms with van der Waals surface area (Å²) < 4.78 is 43.0. The molecular weight excluding hydrogens is 305 g/mol. The van der Waals surface area contributed by atoms with Crippen LogP contribution >= 0.6 is 0 Å². The third kappa shape index (κ3) is 2.68. The molecule has 2 fully saturated rings. The minimum atomic E-state index is -3.06. The molecular formula is C16H22FNO3S. The quantitative estimate of drug-likeness (QED) is 0.828. The van der Waals surface area contributed by atoms with Crippen LogP contribution in [0.2, 0.25) is 0 Å². The van der Waals surface area contributed by atoms with Gasteiger partial charge in [-0.05, 0) is 31.0 Å². The van der Waals surface area contributed by atoms with Gasteiger partial charge in [0, 0.05) is 32.2 Å². The Bertz CT molecular complexity index is 641. The Hall–Kier alpha value is -0.980. The molecule has 0 unspecified atom stereocenters. The normalized spacial score (nSPS) is 26.2. The number of ether oxygens (including phenoxy) is 1. The highest BCUT2D eigenvalue weighted by Crippen LogP contribution is 2.45. The largest absolute Gasteiger partial charge is 0.381 e. The summed E-state index contributed by atoms with van der Waals surface area (Å²) in [6.07, 6.45) is 0.691. The smallest absolute Gasteiger partial charge is 0.158 e. The van der Waals surface area contributed by atoms with E-state index in [0.717, 1.165) is 5.56 Å². The van der Waals surface area contributed by atoms with Crippen LogP contribution in [0.25, 0.3) is 0 Å². The minimum absolute atomic E-state index is 0.0845. The molecule has 0 aliphatic carbocycles. The van der Waals surface area contributed by atoms with Gasteiger partial charge in [-0.15, -0.1) is 0 Å². The summed E-state index contributed by atoms with van der Waals surface area (Å²) in [6.45, 7) is 4.71. The second-order valence-electron chi connectivity index (χ2n) is 6.30. The zero-order valence-electron chi connectivity index (χ0n) is 12.8. The SMILES string of the molecule is CCOC[C@@H]1CCS(=O)(=O)C12CN(Cc1cccc(F)c1)C2. The molecule has 2 heterocycles.